The molecule has 2 N–H and O–H groups in total. The van der Waals surface area contributed by atoms with Crippen molar-refractivity contribution in [2.75, 3.05) is 0 Å². The molecule has 4 nitrogen and oxygen atoms in total. The van der Waals surface area contributed by atoms with Gasteiger partial charge >= 0.3 is 29.6 Å². The molecule has 1 rings (SSSR count). The fourth-order valence-corrected chi connectivity index (χ4v) is 1.00. The fourth-order valence-electron chi connectivity index (χ4n) is 0.537. The van der Waals surface area contributed by atoms with E-state index in [4.69, 9.17) is 9.96 Å². The van der Waals surface area contributed by atoms with Crippen LogP contribution in [0.5, 0.6) is 0 Å². The van der Waals surface area contributed by atoms with Gasteiger partial charge in [-0.25, -0.2) is 5.41 Å². The Balaban J connectivity index is 0. The van der Waals surface area contributed by atoms with E-state index in [2.05, 4.69) is 18.3 Å². The molecule has 0 aromatic heterocycles. The summed E-state index contributed by atoms with van der Waals surface area (Å²) in [4.78, 5) is -0.199. The number of nitrogens with one attached hydrogen (secondary N) is 1. The first-order valence-corrected chi connectivity index (χ1v) is 4.85. The second-order valence-corrected chi connectivity index (χ2v) is 3.40. The molecule has 0 amide bonds. The van der Waals surface area contributed by atoms with E-state index in [-0.39, 0.29) is 34.5 Å². The number of rotatable bonds is 1. The third-order valence-electron chi connectivity index (χ3n) is 0.958. The standard InChI is InChI=1S/C6H5O3S.CHNS.Na/c7-10(8,9)6-4-2-1-3-5-6;2-1-3;/h1-4H,(H,7,8,9);2H;/q-1;;+1. The molecule has 0 fully saturated rings. The van der Waals surface area contributed by atoms with Crippen LogP contribution >= 0.6 is 12.2 Å². The predicted molar refractivity (Wildman–Crippen MR) is 50.4 cm³/mol. The number of hydrogen-bond acceptors (Lipinski definition) is 4. The van der Waals surface area contributed by atoms with Crippen LogP contribution in [0.15, 0.2) is 29.2 Å². The number of isothiocyanates is 1. The Morgan fingerprint density at radius 1 is 1.50 bits per heavy atom. The topological polar surface area (TPSA) is 78.2 Å². The van der Waals surface area contributed by atoms with Crippen molar-refractivity contribution in [1.82, 2.24) is 0 Å². The average molecular weight is 239 g/mol. The number of benzene rings is 1. The van der Waals surface area contributed by atoms with Gasteiger partial charge in [-0.05, 0) is 17.1 Å². The Hall–Kier alpha value is -0.0700. The van der Waals surface area contributed by atoms with Gasteiger partial charge in [0.1, 0.15) is 0 Å². The van der Waals surface area contributed by atoms with Gasteiger partial charge in [-0.1, -0.05) is 0 Å². The van der Waals surface area contributed by atoms with Crippen LogP contribution in [0.25, 0.3) is 0 Å². The van der Waals surface area contributed by atoms with Crippen LogP contribution in [0.4, 0.5) is 0 Å². The largest absolute Gasteiger partial charge is 1.00 e. The first kappa shape index (κ1) is 16.4. The zero-order valence-corrected chi connectivity index (χ0v) is 11.0. The molecular weight excluding hydrogens is 233 g/mol. The molecule has 7 heteroatoms. The van der Waals surface area contributed by atoms with E-state index < -0.39 is 10.1 Å². The minimum Gasteiger partial charge on any atom is -0.283 e. The summed E-state index contributed by atoms with van der Waals surface area (Å²) in [5.41, 5.74) is 0. The average Bonchev–Trinajstić information content (AvgIpc) is 2.06. The summed E-state index contributed by atoms with van der Waals surface area (Å²) in [6.45, 7) is 0. The third kappa shape index (κ3) is 7.34. The van der Waals surface area contributed by atoms with Gasteiger partial charge in [-0.3, -0.25) is 4.55 Å². The van der Waals surface area contributed by atoms with Gasteiger partial charge in [0.25, 0.3) is 10.1 Å². The van der Waals surface area contributed by atoms with Gasteiger partial charge in [-0.15, -0.1) is 6.07 Å². The molecule has 0 aliphatic carbocycles. The molecule has 0 aliphatic rings. The molecule has 0 aliphatic heterocycles. The molecule has 0 saturated carbocycles. The Kier molecular flexibility index (Phi) is 9.65. The molecule has 0 unspecified atom stereocenters. The van der Waals surface area contributed by atoms with Gasteiger partial charge in [0.2, 0.25) is 0 Å². The second-order valence-electron chi connectivity index (χ2n) is 1.80. The quantitative estimate of drug-likeness (QED) is 0.203. The molecule has 0 bridgehead atoms. The van der Waals surface area contributed by atoms with Crippen molar-refractivity contribution in [1.29, 1.82) is 5.41 Å². The summed E-state index contributed by atoms with van der Waals surface area (Å²) < 4.78 is 29.1. The van der Waals surface area contributed by atoms with E-state index >= 15 is 0 Å². The van der Waals surface area contributed by atoms with E-state index in [0.29, 0.717) is 0 Å². The van der Waals surface area contributed by atoms with Crippen LogP contribution in [-0.2, 0) is 10.1 Å². The minimum absolute atomic E-state index is 0. The van der Waals surface area contributed by atoms with Crippen molar-refractivity contribution in [3.63, 3.8) is 0 Å². The summed E-state index contributed by atoms with van der Waals surface area (Å²) in [5, 5.41) is 7.36. The maximum Gasteiger partial charge on any atom is 1.00 e. The summed E-state index contributed by atoms with van der Waals surface area (Å²) >= 11 is 3.81. The summed E-state index contributed by atoms with van der Waals surface area (Å²) in [7, 11) is -4.06. The SMILES string of the molecule is N=C=S.O=S(=O)(O)c1[c-]cccc1.[Na+]. The van der Waals surface area contributed by atoms with Crippen molar-refractivity contribution in [3.8, 4) is 0 Å². The van der Waals surface area contributed by atoms with Crippen LogP contribution in [0.3, 0.4) is 0 Å². The number of hydrogen-bond donors (Lipinski definition) is 2. The van der Waals surface area contributed by atoms with Crippen molar-refractivity contribution in [2.24, 2.45) is 0 Å². The molecule has 0 atom stereocenters. The second kappa shape index (κ2) is 8.26. The van der Waals surface area contributed by atoms with Crippen molar-refractivity contribution in [3.05, 3.63) is 30.3 Å². The zero-order chi connectivity index (χ0) is 10.3. The molecule has 1 aromatic rings. The predicted octanol–water partition coefficient (Wildman–Crippen LogP) is -1.59. The van der Waals surface area contributed by atoms with Crippen molar-refractivity contribution < 1.29 is 42.5 Å². The first-order chi connectivity index (χ1) is 6.02. The molecule has 0 spiro atoms. The normalized spacial score (nSPS) is 8.64. The molecule has 70 valence electrons. The Bertz CT molecular complexity index is 385. The Morgan fingerprint density at radius 2 is 2.00 bits per heavy atom. The van der Waals surface area contributed by atoms with E-state index in [0.717, 1.165) is 0 Å². The first-order valence-electron chi connectivity index (χ1n) is 3.00. The summed E-state index contributed by atoms with van der Waals surface area (Å²) in [5.74, 6) is 0. The van der Waals surface area contributed by atoms with Crippen molar-refractivity contribution >= 4 is 27.5 Å². The van der Waals surface area contributed by atoms with E-state index in [1.807, 2.05) is 0 Å². The molecule has 1 aromatic carbocycles. The van der Waals surface area contributed by atoms with Crippen LogP contribution in [-0.4, -0.2) is 18.1 Å². The zero-order valence-electron chi connectivity index (χ0n) is 7.39. The number of thiocarbonyl (C=S) groups is 1. The molecular formula is C7H6NNaO3S2. The van der Waals surface area contributed by atoms with E-state index in [1.54, 1.807) is 11.2 Å². The maximum absolute atomic E-state index is 10.4. The van der Waals surface area contributed by atoms with Crippen molar-refractivity contribution in [2.45, 2.75) is 4.90 Å². The van der Waals surface area contributed by atoms with E-state index in [1.165, 1.54) is 18.2 Å². The van der Waals surface area contributed by atoms with Gasteiger partial charge in [0.15, 0.2) is 0 Å². The molecule has 0 saturated heterocycles. The summed E-state index contributed by atoms with van der Waals surface area (Å²) in [6, 6.07) is 8.20. The van der Waals surface area contributed by atoms with Crippen LogP contribution < -0.4 is 29.6 Å². The van der Waals surface area contributed by atoms with Crippen LogP contribution in [0.2, 0.25) is 0 Å². The van der Waals surface area contributed by atoms with Gasteiger partial charge in [-0.2, -0.15) is 32.7 Å². The molecule has 0 radical (unpaired) electrons. The Labute approximate surface area is 110 Å². The fraction of sp³-hybridized carbons (Fsp3) is 0. The van der Waals surface area contributed by atoms with Gasteiger partial charge in [0, 0.05) is 0 Å². The van der Waals surface area contributed by atoms with Crippen LogP contribution in [0, 0.1) is 11.5 Å². The summed E-state index contributed by atoms with van der Waals surface area (Å²) in [6.07, 6.45) is 0. The molecule has 0 heterocycles. The smallest absolute Gasteiger partial charge is 0.283 e. The molecule has 14 heavy (non-hydrogen) atoms. The van der Waals surface area contributed by atoms with Crippen LogP contribution in [0.1, 0.15) is 0 Å². The van der Waals surface area contributed by atoms with E-state index in [9.17, 15) is 8.42 Å². The van der Waals surface area contributed by atoms with Gasteiger partial charge < -0.3 is 0 Å². The third-order valence-corrected chi connectivity index (χ3v) is 1.77. The monoisotopic (exact) mass is 239 g/mol. The van der Waals surface area contributed by atoms with Gasteiger partial charge in [0.05, 0.1) is 5.16 Å². The maximum atomic E-state index is 10.4. The minimum atomic E-state index is -4.06. The Morgan fingerprint density at radius 3 is 2.21 bits per heavy atom.